The van der Waals surface area contributed by atoms with Gasteiger partial charge in [-0.25, -0.2) is 0 Å². The third-order valence-electron chi connectivity index (χ3n) is 3.20. The van der Waals surface area contributed by atoms with E-state index in [1.54, 1.807) is 0 Å². The van der Waals surface area contributed by atoms with E-state index in [1.807, 2.05) is 30.4 Å². The van der Waals surface area contributed by atoms with Crippen LogP contribution in [0.2, 0.25) is 0 Å². The van der Waals surface area contributed by atoms with Crippen LogP contribution in [-0.4, -0.2) is 11.7 Å². The number of nitrogens with two attached hydrogens (primary N) is 1. The fourth-order valence-corrected chi connectivity index (χ4v) is 2.38. The van der Waals surface area contributed by atoms with Gasteiger partial charge < -0.3 is 10.8 Å². The van der Waals surface area contributed by atoms with Crippen molar-refractivity contribution in [2.24, 2.45) is 5.73 Å². The molecular formula is C16H25NO. The quantitative estimate of drug-likeness (QED) is 0.775. The lowest BCUT2D eigenvalue weighted by Gasteiger charge is -2.28. The zero-order valence-electron chi connectivity index (χ0n) is 11.5. The highest BCUT2D eigenvalue weighted by Crippen LogP contribution is 2.32. The lowest BCUT2D eigenvalue weighted by Crippen LogP contribution is -2.25. The molecule has 0 fully saturated rings. The Bertz CT molecular complexity index is 378. The molecule has 0 amide bonds. The second-order valence-electron chi connectivity index (χ2n) is 4.80. The Kier molecular flexibility index (Phi) is 6.10. The Hall–Kier alpha value is -1.12. The highest BCUT2D eigenvalue weighted by molar-refractivity contribution is 5.51. The lowest BCUT2D eigenvalue weighted by molar-refractivity contribution is 0.0169. The summed E-state index contributed by atoms with van der Waals surface area (Å²) in [6.45, 7) is 4.76. The molecule has 0 atom stereocenters. The van der Waals surface area contributed by atoms with Gasteiger partial charge in [-0.2, -0.15) is 0 Å². The predicted octanol–water partition coefficient (Wildman–Crippen LogP) is 3.45. The van der Waals surface area contributed by atoms with Crippen molar-refractivity contribution < 1.29 is 5.11 Å². The Morgan fingerprint density at radius 1 is 1.22 bits per heavy atom. The van der Waals surface area contributed by atoms with E-state index in [1.165, 1.54) is 0 Å². The third-order valence-corrected chi connectivity index (χ3v) is 3.20. The Morgan fingerprint density at radius 3 is 2.44 bits per heavy atom. The van der Waals surface area contributed by atoms with E-state index in [2.05, 4.69) is 19.9 Å². The first-order valence-corrected chi connectivity index (χ1v) is 6.85. The van der Waals surface area contributed by atoms with E-state index in [0.29, 0.717) is 6.54 Å². The maximum Gasteiger partial charge on any atom is 0.0896 e. The van der Waals surface area contributed by atoms with Crippen molar-refractivity contribution in [3.05, 3.63) is 41.5 Å². The largest absolute Gasteiger partial charge is 0.385 e. The molecule has 18 heavy (non-hydrogen) atoms. The summed E-state index contributed by atoms with van der Waals surface area (Å²) in [6, 6.07) is 8.12. The Morgan fingerprint density at radius 2 is 1.89 bits per heavy atom. The predicted molar refractivity (Wildman–Crippen MR) is 78.2 cm³/mol. The number of aliphatic hydroxyl groups is 1. The zero-order chi connectivity index (χ0) is 13.4. The standard InChI is InChI=1S/C16H25NO/c1-3-10-16(18,11-4-2)15-9-5-7-14(13-15)8-6-12-17/h5-9,13,18H,3-4,10-12,17H2,1-2H3/b8-6+. The second-order valence-corrected chi connectivity index (χ2v) is 4.80. The van der Waals surface area contributed by atoms with Gasteiger partial charge in [-0.05, 0) is 30.0 Å². The molecule has 3 N–H and O–H groups in total. The molecule has 2 heteroatoms. The van der Waals surface area contributed by atoms with Crippen LogP contribution in [0.5, 0.6) is 0 Å². The Balaban J connectivity index is 3.01. The molecule has 0 unspecified atom stereocenters. The smallest absolute Gasteiger partial charge is 0.0896 e. The molecule has 0 aliphatic carbocycles. The molecule has 0 aromatic heterocycles. The molecule has 0 heterocycles. The zero-order valence-corrected chi connectivity index (χ0v) is 11.5. The molecule has 0 saturated carbocycles. The van der Waals surface area contributed by atoms with Crippen LogP contribution < -0.4 is 5.73 Å². The number of rotatable bonds is 7. The maximum absolute atomic E-state index is 10.8. The fraction of sp³-hybridized carbons (Fsp3) is 0.500. The van der Waals surface area contributed by atoms with E-state index in [9.17, 15) is 5.11 Å². The molecule has 100 valence electrons. The van der Waals surface area contributed by atoms with Crippen LogP contribution in [0.25, 0.3) is 6.08 Å². The summed E-state index contributed by atoms with van der Waals surface area (Å²) in [5.74, 6) is 0. The average Bonchev–Trinajstić information content (AvgIpc) is 2.37. The molecule has 0 aliphatic heterocycles. The van der Waals surface area contributed by atoms with Gasteiger partial charge in [0.2, 0.25) is 0 Å². The van der Waals surface area contributed by atoms with Crippen LogP contribution in [0, 0.1) is 0 Å². The summed E-state index contributed by atoms with van der Waals surface area (Å²) >= 11 is 0. The summed E-state index contributed by atoms with van der Waals surface area (Å²) in [4.78, 5) is 0. The van der Waals surface area contributed by atoms with Gasteiger partial charge in [0.1, 0.15) is 0 Å². The van der Waals surface area contributed by atoms with Crippen LogP contribution in [-0.2, 0) is 5.60 Å². The highest BCUT2D eigenvalue weighted by atomic mass is 16.3. The Labute approximate surface area is 111 Å². The van der Waals surface area contributed by atoms with Gasteiger partial charge in [0, 0.05) is 6.54 Å². The first-order valence-electron chi connectivity index (χ1n) is 6.85. The number of hydrogen-bond donors (Lipinski definition) is 2. The van der Waals surface area contributed by atoms with E-state index < -0.39 is 5.60 Å². The molecule has 1 aromatic rings. The van der Waals surface area contributed by atoms with Crippen molar-refractivity contribution >= 4 is 6.08 Å². The molecule has 1 aromatic carbocycles. The van der Waals surface area contributed by atoms with Crippen LogP contribution in [0.3, 0.4) is 0 Å². The van der Waals surface area contributed by atoms with Crippen molar-refractivity contribution in [3.8, 4) is 0 Å². The SMILES string of the molecule is CCCC(O)(CCC)c1cccc(/C=C/CN)c1. The molecule has 2 nitrogen and oxygen atoms in total. The normalized spacial score (nSPS) is 12.2. The van der Waals surface area contributed by atoms with Crippen molar-refractivity contribution in [2.75, 3.05) is 6.54 Å². The first-order chi connectivity index (χ1) is 8.66. The van der Waals surface area contributed by atoms with Gasteiger partial charge in [-0.1, -0.05) is 57.0 Å². The van der Waals surface area contributed by atoms with Gasteiger partial charge in [0.05, 0.1) is 5.60 Å². The fourth-order valence-electron chi connectivity index (χ4n) is 2.38. The van der Waals surface area contributed by atoms with Crippen molar-refractivity contribution in [2.45, 2.75) is 45.1 Å². The van der Waals surface area contributed by atoms with Crippen molar-refractivity contribution in [3.63, 3.8) is 0 Å². The minimum Gasteiger partial charge on any atom is -0.385 e. The lowest BCUT2D eigenvalue weighted by atomic mass is 9.84. The third kappa shape index (κ3) is 3.97. The maximum atomic E-state index is 10.8. The summed E-state index contributed by atoms with van der Waals surface area (Å²) in [5.41, 5.74) is 6.89. The summed E-state index contributed by atoms with van der Waals surface area (Å²) < 4.78 is 0. The van der Waals surface area contributed by atoms with E-state index in [4.69, 9.17) is 5.73 Å². The van der Waals surface area contributed by atoms with E-state index in [-0.39, 0.29) is 0 Å². The van der Waals surface area contributed by atoms with Gasteiger partial charge in [-0.15, -0.1) is 0 Å². The second kappa shape index (κ2) is 7.34. The number of hydrogen-bond acceptors (Lipinski definition) is 2. The summed E-state index contributed by atoms with van der Waals surface area (Å²) in [7, 11) is 0. The molecule has 1 rings (SSSR count). The van der Waals surface area contributed by atoms with Gasteiger partial charge >= 0.3 is 0 Å². The molecule has 0 saturated heterocycles. The van der Waals surface area contributed by atoms with Gasteiger partial charge in [-0.3, -0.25) is 0 Å². The summed E-state index contributed by atoms with van der Waals surface area (Å²) in [6.07, 6.45) is 7.52. The number of benzene rings is 1. The summed E-state index contributed by atoms with van der Waals surface area (Å²) in [5, 5.41) is 10.8. The van der Waals surface area contributed by atoms with Crippen LogP contribution in [0.4, 0.5) is 0 Å². The average molecular weight is 247 g/mol. The molecular weight excluding hydrogens is 222 g/mol. The van der Waals surface area contributed by atoms with Gasteiger partial charge in [0.25, 0.3) is 0 Å². The van der Waals surface area contributed by atoms with E-state index >= 15 is 0 Å². The van der Waals surface area contributed by atoms with Crippen LogP contribution in [0.15, 0.2) is 30.3 Å². The molecule has 0 spiro atoms. The minimum absolute atomic E-state index is 0.540. The van der Waals surface area contributed by atoms with E-state index in [0.717, 1.165) is 36.8 Å². The molecule has 0 bridgehead atoms. The molecule has 0 aliphatic rings. The van der Waals surface area contributed by atoms with Crippen molar-refractivity contribution in [1.29, 1.82) is 0 Å². The monoisotopic (exact) mass is 247 g/mol. The highest BCUT2D eigenvalue weighted by Gasteiger charge is 2.26. The van der Waals surface area contributed by atoms with Crippen LogP contribution in [0.1, 0.15) is 50.7 Å². The minimum atomic E-state index is -0.684. The van der Waals surface area contributed by atoms with Gasteiger partial charge in [0.15, 0.2) is 0 Å². The first kappa shape index (κ1) is 14.9. The molecule has 0 radical (unpaired) electrons. The van der Waals surface area contributed by atoms with Crippen molar-refractivity contribution in [1.82, 2.24) is 0 Å². The topological polar surface area (TPSA) is 46.2 Å². The van der Waals surface area contributed by atoms with Crippen LogP contribution >= 0.6 is 0 Å².